The largest absolute Gasteiger partial charge is 0.481 e. The van der Waals surface area contributed by atoms with Crippen molar-refractivity contribution in [1.82, 2.24) is 4.90 Å². The third kappa shape index (κ3) is 5.13. The number of carbonyl (C=O) groups is 2. The number of halogens is 1. The SMILES string of the molecule is CC[C@H](Oc1ccc2c(c1)[C@H](c1cccc(C)c1)N(C(=O)C1CC1)CC2)C(=O)Nc1ccc(F)cc1. The molecule has 186 valence electrons. The summed E-state index contributed by atoms with van der Waals surface area (Å²) in [5.41, 5.74) is 4.99. The Labute approximate surface area is 211 Å². The van der Waals surface area contributed by atoms with Gasteiger partial charge < -0.3 is 15.0 Å². The molecule has 0 saturated heterocycles. The smallest absolute Gasteiger partial charge is 0.265 e. The number of amides is 2. The normalized spacial score (nSPS) is 17.8. The number of hydrogen-bond donors (Lipinski definition) is 1. The van der Waals surface area contributed by atoms with Gasteiger partial charge in [0.1, 0.15) is 11.6 Å². The molecule has 1 aliphatic heterocycles. The fourth-order valence-electron chi connectivity index (χ4n) is 4.91. The van der Waals surface area contributed by atoms with E-state index >= 15 is 0 Å². The Balaban J connectivity index is 1.42. The Morgan fingerprint density at radius 2 is 1.86 bits per heavy atom. The monoisotopic (exact) mass is 486 g/mol. The highest BCUT2D eigenvalue weighted by atomic mass is 19.1. The molecule has 1 aliphatic carbocycles. The number of benzene rings is 3. The molecule has 1 heterocycles. The number of aryl methyl sites for hydroxylation is 1. The van der Waals surface area contributed by atoms with Crippen molar-refractivity contribution in [3.8, 4) is 5.75 Å². The summed E-state index contributed by atoms with van der Waals surface area (Å²) in [4.78, 5) is 28.2. The predicted molar refractivity (Wildman–Crippen MR) is 137 cm³/mol. The van der Waals surface area contributed by atoms with Crippen LogP contribution in [0, 0.1) is 18.7 Å². The lowest BCUT2D eigenvalue weighted by Gasteiger charge is -2.38. The second kappa shape index (κ2) is 10.1. The Morgan fingerprint density at radius 1 is 1.08 bits per heavy atom. The lowest BCUT2D eigenvalue weighted by atomic mass is 9.87. The number of nitrogens with zero attached hydrogens (tertiary/aromatic N) is 1. The number of anilines is 1. The highest BCUT2D eigenvalue weighted by Crippen LogP contribution is 2.41. The third-order valence-corrected chi connectivity index (χ3v) is 6.97. The van der Waals surface area contributed by atoms with Crippen LogP contribution in [0.4, 0.5) is 10.1 Å². The van der Waals surface area contributed by atoms with Crippen LogP contribution in [0.3, 0.4) is 0 Å². The van der Waals surface area contributed by atoms with E-state index in [4.69, 9.17) is 4.74 Å². The van der Waals surface area contributed by atoms with Crippen molar-refractivity contribution in [3.63, 3.8) is 0 Å². The lowest BCUT2D eigenvalue weighted by Crippen LogP contribution is -2.41. The van der Waals surface area contributed by atoms with E-state index in [1.54, 1.807) is 0 Å². The molecular formula is C30H31FN2O3. The molecule has 6 heteroatoms. The third-order valence-electron chi connectivity index (χ3n) is 6.97. The summed E-state index contributed by atoms with van der Waals surface area (Å²) >= 11 is 0. The van der Waals surface area contributed by atoms with Crippen molar-refractivity contribution in [2.45, 2.75) is 51.7 Å². The first-order valence-corrected chi connectivity index (χ1v) is 12.7. The zero-order valence-corrected chi connectivity index (χ0v) is 20.7. The van der Waals surface area contributed by atoms with Gasteiger partial charge in [-0.25, -0.2) is 4.39 Å². The average Bonchev–Trinajstić information content (AvgIpc) is 3.73. The van der Waals surface area contributed by atoms with Crippen LogP contribution in [0.15, 0.2) is 66.7 Å². The Morgan fingerprint density at radius 3 is 2.56 bits per heavy atom. The van der Waals surface area contributed by atoms with Gasteiger partial charge in [-0.15, -0.1) is 0 Å². The van der Waals surface area contributed by atoms with Crippen LogP contribution in [0.1, 0.15) is 54.5 Å². The van der Waals surface area contributed by atoms with Gasteiger partial charge in [-0.2, -0.15) is 0 Å². The molecule has 2 atom stereocenters. The highest BCUT2D eigenvalue weighted by molar-refractivity contribution is 5.94. The summed E-state index contributed by atoms with van der Waals surface area (Å²) in [5, 5.41) is 2.80. The van der Waals surface area contributed by atoms with Gasteiger partial charge in [-0.3, -0.25) is 9.59 Å². The molecule has 0 spiro atoms. The fraction of sp³-hybridized carbons (Fsp3) is 0.333. The summed E-state index contributed by atoms with van der Waals surface area (Å²) in [6, 6.07) is 19.7. The van der Waals surface area contributed by atoms with Gasteiger partial charge in [0.2, 0.25) is 5.91 Å². The number of fused-ring (bicyclic) bond motifs is 1. The van der Waals surface area contributed by atoms with E-state index in [2.05, 4.69) is 36.5 Å². The van der Waals surface area contributed by atoms with E-state index in [1.165, 1.54) is 29.8 Å². The molecule has 2 amide bonds. The number of hydrogen-bond acceptors (Lipinski definition) is 3. The fourth-order valence-corrected chi connectivity index (χ4v) is 4.91. The predicted octanol–water partition coefficient (Wildman–Crippen LogP) is 5.81. The number of ether oxygens (including phenoxy) is 1. The lowest BCUT2D eigenvalue weighted by molar-refractivity contribution is -0.134. The van der Waals surface area contributed by atoms with E-state index in [-0.39, 0.29) is 29.6 Å². The van der Waals surface area contributed by atoms with E-state index in [9.17, 15) is 14.0 Å². The first-order chi connectivity index (χ1) is 17.4. The van der Waals surface area contributed by atoms with Crippen LogP contribution in [-0.2, 0) is 16.0 Å². The average molecular weight is 487 g/mol. The molecule has 36 heavy (non-hydrogen) atoms. The maximum absolute atomic E-state index is 13.3. The van der Waals surface area contributed by atoms with Crippen LogP contribution in [0.5, 0.6) is 5.75 Å². The molecule has 0 bridgehead atoms. The topological polar surface area (TPSA) is 58.6 Å². The van der Waals surface area contributed by atoms with E-state index < -0.39 is 6.10 Å². The molecule has 1 fully saturated rings. The number of nitrogens with one attached hydrogen (secondary N) is 1. The van der Waals surface area contributed by atoms with Gasteiger partial charge >= 0.3 is 0 Å². The Kier molecular flexibility index (Phi) is 6.77. The zero-order valence-electron chi connectivity index (χ0n) is 20.7. The molecule has 1 saturated carbocycles. The number of carbonyl (C=O) groups excluding carboxylic acids is 2. The van der Waals surface area contributed by atoms with E-state index in [0.717, 1.165) is 36.0 Å². The molecule has 5 rings (SSSR count). The van der Waals surface area contributed by atoms with Gasteiger partial charge in [-0.1, -0.05) is 42.8 Å². The molecule has 3 aromatic carbocycles. The summed E-state index contributed by atoms with van der Waals surface area (Å²) in [6.45, 7) is 4.64. The molecule has 1 N–H and O–H groups in total. The minimum Gasteiger partial charge on any atom is -0.481 e. The molecule has 0 radical (unpaired) electrons. The molecule has 3 aromatic rings. The van der Waals surface area contributed by atoms with Crippen molar-refractivity contribution < 1.29 is 18.7 Å². The summed E-state index contributed by atoms with van der Waals surface area (Å²) < 4.78 is 19.4. The molecular weight excluding hydrogens is 455 g/mol. The number of rotatable bonds is 7. The van der Waals surface area contributed by atoms with Gasteiger partial charge in [0.25, 0.3) is 5.91 Å². The summed E-state index contributed by atoms with van der Waals surface area (Å²) in [5.74, 6) is 0.306. The summed E-state index contributed by atoms with van der Waals surface area (Å²) in [6.07, 6.45) is 2.48. The van der Waals surface area contributed by atoms with E-state index in [1.807, 2.05) is 30.0 Å². The van der Waals surface area contributed by atoms with Crippen LogP contribution in [0.25, 0.3) is 0 Å². The maximum atomic E-state index is 13.3. The minimum atomic E-state index is -0.710. The van der Waals surface area contributed by atoms with Gasteiger partial charge in [0.05, 0.1) is 6.04 Å². The maximum Gasteiger partial charge on any atom is 0.265 e. The van der Waals surface area contributed by atoms with Gasteiger partial charge in [0.15, 0.2) is 6.10 Å². The van der Waals surface area contributed by atoms with Crippen LogP contribution < -0.4 is 10.1 Å². The quantitative estimate of drug-likeness (QED) is 0.458. The Hall–Kier alpha value is -3.67. The van der Waals surface area contributed by atoms with Crippen LogP contribution in [-0.4, -0.2) is 29.4 Å². The van der Waals surface area contributed by atoms with Crippen molar-refractivity contribution in [2.24, 2.45) is 5.92 Å². The first-order valence-electron chi connectivity index (χ1n) is 12.7. The molecule has 5 nitrogen and oxygen atoms in total. The molecule has 0 unspecified atom stereocenters. The first kappa shape index (κ1) is 24.0. The molecule has 2 aliphatic rings. The van der Waals surface area contributed by atoms with Crippen molar-refractivity contribution in [2.75, 3.05) is 11.9 Å². The van der Waals surface area contributed by atoms with Crippen LogP contribution >= 0.6 is 0 Å². The zero-order chi connectivity index (χ0) is 25.2. The van der Waals surface area contributed by atoms with Gasteiger partial charge in [-0.05, 0) is 85.7 Å². The summed E-state index contributed by atoms with van der Waals surface area (Å²) in [7, 11) is 0. The van der Waals surface area contributed by atoms with E-state index in [0.29, 0.717) is 24.4 Å². The van der Waals surface area contributed by atoms with Crippen molar-refractivity contribution >= 4 is 17.5 Å². The second-order valence-corrected chi connectivity index (χ2v) is 9.74. The highest BCUT2D eigenvalue weighted by Gasteiger charge is 2.39. The van der Waals surface area contributed by atoms with Crippen molar-refractivity contribution in [1.29, 1.82) is 0 Å². The van der Waals surface area contributed by atoms with Gasteiger partial charge in [0, 0.05) is 18.2 Å². The second-order valence-electron chi connectivity index (χ2n) is 9.74. The molecule has 0 aromatic heterocycles. The minimum absolute atomic E-state index is 0.137. The standard InChI is InChI=1S/C30H31FN2O3/c1-3-27(29(34)32-24-12-10-23(31)11-13-24)36-25-14-9-20-15-16-33(30(35)21-7-8-21)28(26(20)18-25)22-6-4-5-19(2)17-22/h4-6,9-14,17-18,21,27-28H,3,7-8,15-16H2,1-2H3,(H,32,34)/t27-,28-/m0/s1. The Bertz CT molecular complexity index is 1270. The van der Waals surface area contributed by atoms with Crippen molar-refractivity contribution in [3.05, 3.63) is 94.8 Å². The van der Waals surface area contributed by atoms with Crippen LogP contribution in [0.2, 0.25) is 0 Å².